The van der Waals surface area contributed by atoms with E-state index in [1.807, 2.05) is 6.92 Å². The number of rotatable bonds is 8. The lowest BCUT2D eigenvalue weighted by molar-refractivity contribution is 0.102. The second kappa shape index (κ2) is 10.0. The average molecular weight is 494 g/mol. The van der Waals surface area contributed by atoms with Crippen LogP contribution in [0, 0.1) is 18.7 Å². The molecule has 0 radical (unpaired) electrons. The number of nitrogens with two attached hydrogens (primary N) is 1. The van der Waals surface area contributed by atoms with E-state index >= 15 is 0 Å². The molecule has 10 nitrogen and oxygen atoms in total. The molecular weight excluding hydrogens is 465 g/mol. The van der Waals surface area contributed by atoms with Crippen LogP contribution in [0.1, 0.15) is 29.4 Å². The van der Waals surface area contributed by atoms with Gasteiger partial charge in [0.2, 0.25) is 0 Å². The summed E-state index contributed by atoms with van der Waals surface area (Å²) in [5, 5.41) is 6.69. The monoisotopic (exact) mass is 493 g/mol. The lowest BCUT2D eigenvalue weighted by atomic mass is 10.1. The summed E-state index contributed by atoms with van der Waals surface area (Å²) in [4.78, 5) is 26.4. The van der Waals surface area contributed by atoms with Crippen molar-refractivity contribution < 1.29 is 18.7 Å². The SMILES string of the molecule is Cc1cn2cc(NC(=O)c3ccc(NC[C@@H](C)N)c4cnc(OCC5CCOC5)nc34)cc(F)c2n1. The topological polar surface area (TPSA) is 129 Å². The first kappa shape index (κ1) is 23.9. The summed E-state index contributed by atoms with van der Waals surface area (Å²) in [6, 6.07) is 4.79. The summed E-state index contributed by atoms with van der Waals surface area (Å²) < 4.78 is 27.3. The highest BCUT2D eigenvalue weighted by Gasteiger charge is 2.20. The molecule has 1 aliphatic rings. The molecule has 1 unspecified atom stereocenters. The van der Waals surface area contributed by atoms with Crippen molar-refractivity contribution in [2.24, 2.45) is 11.7 Å². The van der Waals surface area contributed by atoms with Crippen LogP contribution in [0.3, 0.4) is 0 Å². The molecule has 1 fully saturated rings. The van der Waals surface area contributed by atoms with Crippen LogP contribution in [0.15, 0.2) is 36.8 Å². The zero-order valence-corrected chi connectivity index (χ0v) is 20.1. The van der Waals surface area contributed by atoms with E-state index in [-0.39, 0.29) is 23.6 Å². The Balaban J connectivity index is 1.47. The molecular formula is C25H28FN7O3. The van der Waals surface area contributed by atoms with Gasteiger partial charge in [0.15, 0.2) is 11.5 Å². The maximum absolute atomic E-state index is 14.5. The highest BCUT2D eigenvalue weighted by Crippen LogP contribution is 2.28. The third-order valence-electron chi connectivity index (χ3n) is 5.94. The maximum atomic E-state index is 14.5. The summed E-state index contributed by atoms with van der Waals surface area (Å²) in [6.45, 7) is 5.99. The van der Waals surface area contributed by atoms with Gasteiger partial charge in [-0.15, -0.1) is 0 Å². The predicted molar refractivity (Wildman–Crippen MR) is 134 cm³/mol. The van der Waals surface area contributed by atoms with Crippen LogP contribution in [0.5, 0.6) is 6.01 Å². The number of benzene rings is 1. The van der Waals surface area contributed by atoms with Crippen molar-refractivity contribution in [3.8, 4) is 6.01 Å². The van der Waals surface area contributed by atoms with Crippen molar-refractivity contribution in [1.82, 2.24) is 19.4 Å². The maximum Gasteiger partial charge on any atom is 0.316 e. The van der Waals surface area contributed by atoms with Gasteiger partial charge in [-0.1, -0.05) is 0 Å². The number of anilines is 2. The molecule has 3 aromatic heterocycles. The molecule has 4 N–H and O–H groups in total. The smallest absolute Gasteiger partial charge is 0.316 e. The van der Waals surface area contributed by atoms with Crippen LogP contribution >= 0.6 is 0 Å². The van der Waals surface area contributed by atoms with E-state index in [0.717, 1.165) is 18.7 Å². The molecule has 2 atom stereocenters. The number of hydrogen-bond donors (Lipinski definition) is 3. The van der Waals surface area contributed by atoms with Gasteiger partial charge >= 0.3 is 6.01 Å². The molecule has 11 heteroatoms. The number of carbonyl (C=O) groups is 1. The third kappa shape index (κ3) is 5.07. The molecule has 1 aliphatic heterocycles. The number of carbonyl (C=O) groups excluding carboxylic acids is 1. The Labute approximate surface area is 207 Å². The van der Waals surface area contributed by atoms with Gasteiger partial charge in [0.25, 0.3) is 5.91 Å². The van der Waals surface area contributed by atoms with Gasteiger partial charge in [-0.2, -0.15) is 4.98 Å². The zero-order chi connectivity index (χ0) is 25.2. The second-order valence-corrected chi connectivity index (χ2v) is 9.12. The Hall–Kier alpha value is -3.83. The molecule has 0 bridgehead atoms. The van der Waals surface area contributed by atoms with Gasteiger partial charge < -0.3 is 30.2 Å². The van der Waals surface area contributed by atoms with Crippen molar-refractivity contribution in [3.63, 3.8) is 0 Å². The number of ether oxygens (including phenoxy) is 2. The summed E-state index contributed by atoms with van der Waals surface area (Å²) >= 11 is 0. The van der Waals surface area contributed by atoms with E-state index in [2.05, 4.69) is 25.6 Å². The molecule has 36 heavy (non-hydrogen) atoms. The van der Waals surface area contributed by atoms with Gasteiger partial charge in [0.05, 0.1) is 35.7 Å². The summed E-state index contributed by atoms with van der Waals surface area (Å²) in [5.74, 6) is -0.693. The minimum atomic E-state index is -0.532. The molecule has 4 aromatic rings. The van der Waals surface area contributed by atoms with Gasteiger partial charge in [-0.25, -0.2) is 14.4 Å². The Bertz CT molecular complexity index is 1420. The summed E-state index contributed by atoms with van der Waals surface area (Å²) in [6.07, 6.45) is 5.85. The molecule has 1 aromatic carbocycles. The number of aryl methyl sites for hydroxylation is 1. The number of aromatic nitrogens is 4. The highest BCUT2D eigenvalue weighted by atomic mass is 19.1. The van der Waals surface area contributed by atoms with Crippen molar-refractivity contribution in [2.75, 3.05) is 37.0 Å². The van der Waals surface area contributed by atoms with Gasteiger partial charge in [-0.3, -0.25) is 4.79 Å². The molecule has 188 valence electrons. The third-order valence-corrected chi connectivity index (χ3v) is 5.94. The van der Waals surface area contributed by atoms with Crippen molar-refractivity contribution in [1.29, 1.82) is 0 Å². The number of amides is 1. The van der Waals surface area contributed by atoms with Gasteiger partial charge in [0.1, 0.15) is 0 Å². The van der Waals surface area contributed by atoms with E-state index in [1.165, 1.54) is 6.07 Å². The molecule has 4 heterocycles. The fourth-order valence-corrected chi connectivity index (χ4v) is 4.13. The fraction of sp³-hybridized carbons (Fsp3) is 0.360. The Kier molecular flexibility index (Phi) is 6.66. The lowest BCUT2D eigenvalue weighted by Gasteiger charge is -2.15. The van der Waals surface area contributed by atoms with Crippen LogP contribution in [0.4, 0.5) is 15.8 Å². The van der Waals surface area contributed by atoms with E-state index < -0.39 is 11.7 Å². The summed E-state index contributed by atoms with van der Waals surface area (Å²) in [7, 11) is 0. The predicted octanol–water partition coefficient (Wildman–Crippen LogP) is 3.15. The minimum Gasteiger partial charge on any atom is -0.463 e. The van der Waals surface area contributed by atoms with Crippen LogP contribution in [-0.4, -0.2) is 57.7 Å². The highest BCUT2D eigenvalue weighted by molar-refractivity contribution is 6.13. The molecule has 1 amide bonds. The minimum absolute atomic E-state index is 0.0724. The fourth-order valence-electron chi connectivity index (χ4n) is 4.13. The molecule has 0 spiro atoms. The average Bonchev–Trinajstić information content (AvgIpc) is 3.50. The van der Waals surface area contributed by atoms with Crippen molar-refractivity contribution in [2.45, 2.75) is 26.3 Å². The van der Waals surface area contributed by atoms with Gasteiger partial charge in [0, 0.05) is 60.8 Å². The molecule has 1 saturated heterocycles. The van der Waals surface area contributed by atoms with E-state index in [9.17, 15) is 9.18 Å². The first-order valence-electron chi connectivity index (χ1n) is 11.8. The normalized spacial score (nSPS) is 16.4. The number of hydrogen-bond acceptors (Lipinski definition) is 8. The Morgan fingerprint density at radius 2 is 2.22 bits per heavy atom. The van der Waals surface area contributed by atoms with Crippen molar-refractivity contribution >= 4 is 33.8 Å². The lowest BCUT2D eigenvalue weighted by Crippen LogP contribution is -2.25. The molecule has 0 saturated carbocycles. The van der Waals surface area contributed by atoms with Crippen LogP contribution in [-0.2, 0) is 4.74 Å². The molecule has 5 rings (SSSR count). The van der Waals surface area contributed by atoms with Crippen LogP contribution in [0.25, 0.3) is 16.6 Å². The number of imidazole rings is 1. The van der Waals surface area contributed by atoms with E-state index in [4.69, 9.17) is 15.2 Å². The number of nitrogens with zero attached hydrogens (tertiary/aromatic N) is 4. The first-order valence-corrected chi connectivity index (χ1v) is 11.8. The second-order valence-electron chi connectivity index (χ2n) is 9.12. The van der Waals surface area contributed by atoms with Gasteiger partial charge in [-0.05, 0) is 32.4 Å². The quantitative estimate of drug-likeness (QED) is 0.341. The zero-order valence-electron chi connectivity index (χ0n) is 20.1. The molecule has 0 aliphatic carbocycles. The number of halogens is 1. The Morgan fingerprint density at radius 3 is 3.00 bits per heavy atom. The number of nitrogens with one attached hydrogen (secondary N) is 2. The standard InChI is InChI=1S/C25H28FN7O3/c1-14(27)8-28-21-4-3-18(22-19(21)9-29-25(32-22)36-13-16-5-6-35-12-16)24(34)31-17-7-20(26)23-30-15(2)10-33(23)11-17/h3-4,7,9-11,14,16,28H,5-6,8,12-13,27H2,1-2H3,(H,31,34)/t14-,16?/m1/s1. The van der Waals surface area contributed by atoms with Crippen molar-refractivity contribution in [3.05, 3.63) is 53.9 Å². The van der Waals surface area contributed by atoms with E-state index in [0.29, 0.717) is 47.6 Å². The summed E-state index contributed by atoms with van der Waals surface area (Å²) in [5.41, 5.74) is 8.52. The van der Waals surface area contributed by atoms with Crippen LogP contribution < -0.4 is 21.1 Å². The number of fused-ring (bicyclic) bond motifs is 2. The van der Waals surface area contributed by atoms with Crippen LogP contribution in [0.2, 0.25) is 0 Å². The first-order chi connectivity index (χ1) is 17.4. The largest absolute Gasteiger partial charge is 0.463 e. The number of pyridine rings is 1. The van der Waals surface area contributed by atoms with E-state index in [1.54, 1.807) is 42.0 Å². The Morgan fingerprint density at radius 1 is 1.36 bits per heavy atom.